The Bertz CT molecular complexity index is 464. The molecule has 2 aromatic rings. The topological polar surface area (TPSA) is 47.1 Å². The summed E-state index contributed by atoms with van der Waals surface area (Å²) in [5.41, 5.74) is 6.98. The van der Waals surface area contributed by atoms with E-state index < -0.39 is 0 Å². The fourth-order valence-electron chi connectivity index (χ4n) is 2.04. The summed E-state index contributed by atoms with van der Waals surface area (Å²) < 4.78 is 2.14. The lowest BCUT2D eigenvalue weighted by Crippen LogP contribution is -2.31. The van der Waals surface area contributed by atoms with Gasteiger partial charge in [-0.05, 0) is 12.5 Å². The normalized spacial score (nSPS) is 10.6. The van der Waals surface area contributed by atoms with E-state index in [0.717, 1.165) is 25.6 Å². The lowest BCUT2D eigenvalue weighted by atomic mass is 10.2. The predicted molar refractivity (Wildman–Crippen MR) is 74.4 cm³/mol. The Labute approximate surface area is 108 Å². The van der Waals surface area contributed by atoms with Gasteiger partial charge in [0.15, 0.2) is 0 Å². The van der Waals surface area contributed by atoms with Gasteiger partial charge < -0.3 is 15.2 Å². The molecule has 0 saturated heterocycles. The van der Waals surface area contributed by atoms with Crippen molar-refractivity contribution >= 4 is 5.95 Å². The van der Waals surface area contributed by atoms with Crippen molar-refractivity contribution in [3.8, 4) is 0 Å². The van der Waals surface area contributed by atoms with Crippen LogP contribution in [0.2, 0.25) is 0 Å². The molecule has 0 saturated carbocycles. The van der Waals surface area contributed by atoms with Gasteiger partial charge in [0.1, 0.15) is 0 Å². The second-order valence-electron chi connectivity index (χ2n) is 4.21. The quantitative estimate of drug-likeness (QED) is 0.844. The Balaban J connectivity index is 2.18. The molecule has 0 unspecified atom stereocenters. The first kappa shape index (κ1) is 12.6. The molecule has 2 rings (SSSR count). The summed E-state index contributed by atoms with van der Waals surface area (Å²) in [5.74, 6) is 0.992. The highest BCUT2D eigenvalue weighted by atomic mass is 15.3. The molecular formula is C14H20N4. The van der Waals surface area contributed by atoms with Gasteiger partial charge in [-0.2, -0.15) is 0 Å². The highest BCUT2D eigenvalue weighted by molar-refractivity contribution is 5.33. The lowest BCUT2D eigenvalue weighted by molar-refractivity contribution is 0.688. The predicted octanol–water partition coefficient (Wildman–Crippen LogP) is 1.87. The Morgan fingerprint density at radius 2 is 2.06 bits per heavy atom. The molecule has 0 bridgehead atoms. The largest absolute Gasteiger partial charge is 0.337 e. The fraction of sp³-hybridized carbons (Fsp3) is 0.357. The van der Waals surface area contributed by atoms with Crippen molar-refractivity contribution in [3.63, 3.8) is 0 Å². The molecule has 0 fully saturated rings. The van der Waals surface area contributed by atoms with Crippen LogP contribution in [0.1, 0.15) is 12.5 Å². The fourth-order valence-corrected chi connectivity index (χ4v) is 2.04. The van der Waals surface area contributed by atoms with Gasteiger partial charge >= 0.3 is 0 Å². The minimum absolute atomic E-state index is 0.628. The number of imidazole rings is 1. The van der Waals surface area contributed by atoms with Crippen molar-refractivity contribution in [2.75, 3.05) is 18.0 Å². The van der Waals surface area contributed by atoms with Crippen LogP contribution in [-0.2, 0) is 13.1 Å². The summed E-state index contributed by atoms with van der Waals surface area (Å²) in [6, 6.07) is 10.4. The summed E-state index contributed by atoms with van der Waals surface area (Å²) in [4.78, 5) is 6.66. The van der Waals surface area contributed by atoms with Crippen LogP contribution in [-0.4, -0.2) is 22.6 Å². The van der Waals surface area contributed by atoms with Crippen LogP contribution in [0.15, 0.2) is 42.7 Å². The van der Waals surface area contributed by atoms with Crippen LogP contribution in [0, 0.1) is 0 Å². The van der Waals surface area contributed by atoms with Crippen LogP contribution in [0.5, 0.6) is 0 Å². The van der Waals surface area contributed by atoms with Gasteiger partial charge in [-0.3, -0.25) is 0 Å². The van der Waals surface area contributed by atoms with E-state index in [0.29, 0.717) is 6.54 Å². The highest BCUT2D eigenvalue weighted by Crippen LogP contribution is 2.14. The van der Waals surface area contributed by atoms with Crippen LogP contribution in [0.25, 0.3) is 0 Å². The van der Waals surface area contributed by atoms with Gasteiger partial charge in [-0.25, -0.2) is 4.98 Å². The number of anilines is 1. The molecule has 0 radical (unpaired) electrons. The van der Waals surface area contributed by atoms with Crippen molar-refractivity contribution in [1.82, 2.24) is 9.55 Å². The van der Waals surface area contributed by atoms with E-state index in [9.17, 15) is 0 Å². The average molecular weight is 244 g/mol. The molecule has 18 heavy (non-hydrogen) atoms. The second kappa shape index (κ2) is 6.21. The van der Waals surface area contributed by atoms with E-state index in [2.05, 4.69) is 45.6 Å². The summed E-state index contributed by atoms with van der Waals surface area (Å²) in [7, 11) is 0. The molecule has 1 aromatic heterocycles. The zero-order valence-electron chi connectivity index (χ0n) is 10.8. The van der Waals surface area contributed by atoms with Crippen molar-refractivity contribution < 1.29 is 0 Å². The molecule has 4 heteroatoms. The summed E-state index contributed by atoms with van der Waals surface area (Å²) >= 11 is 0. The van der Waals surface area contributed by atoms with E-state index in [1.54, 1.807) is 0 Å². The molecule has 0 atom stereocenters. The van der Waals surface area contributed by atoms with Crippen molar-refractivity contribution in [2.45, 2.75) is 20.0 Å². The van der Waals surface area contributed by atoms with Crippen molar-refractivity contribution in [2.24, 2.45) is 5.73 Å². The lowest BCUT2D eigenvalue weighted by Gasteiger charge is -2.23. The molecule has 0 aliphatic carbocycles. The third-order valence-electron chi connectivity index (χ3n) is 2.93. The average Bonchev–Trinajstić information content (AvgIpc) is 2.87. The number of benzene rings is 1. The molecule has 0 aliphatic rings. The van der Waals surface area contributed by atoms with E-state index in [1.165, 1.54) is 5.56 Å². The first-order valence-electron chi connectivity index (χ1n) is 6.35. The standard InChI is InChI=1S/C14H20N4/c1-2-17-11-9-16-14(17)18(10-8-15)12-13-6-4-3-5-7-13/h3-7,9,11H,2,8,10,12,15H2,1H3. The van der Waals surface area contributed by atoms with E-state index in [4.69, 9.17) is 5.73 Å². The van der Waals surface area contributed by atoms with Gasteiger partial charge in [0.2, 0.25) is 5.95 Å². The maximum atomic E-state index is 5.70. The second-order valence-corrected chi connectivity index (χ2v) is 4.21. The van der Waals surface area contributed by atoms with Crippen molar-refractivity contribution in [1.29, 1.82) is 0 Å². The molecule has 4 nitrogen and oxygen atoms in total. The van der Waals surface area contributed by atoms with Crippen LogP contribution >= 0.6 is 0 Å². The Morgan fingerprint density at radius 3 is 2.72 bits per heavy atom. The van der Waals surface area contributed by atoms with E-state index >= 15 is 0 Å². The number of aromatic nitrogens is 2. The van der Waals surface area contributed by atoms with Gasteiger partial charge in [-0.15, -0.1) is 0 Å². The monoisotopic (exact) mass is 244 g/mol. The molecule has 0 amide bonds. The first-order chi connectivity index (χ1) is 8.85. The summed E-state index contributed by atoms with van der Waals surface area (Å²) in [5, 5.41) is 0. The highest BCUT2D eigenvalue weighted by Gasteiger charge is 2.11. The zero-order valence-corrected chi connectivity index (χ0v) is 10.8. The van der Waals surface area contributed by atoms with Gasteiger partial charge in [0.25, 0.3) is 0 Å². The van der Waals surface area contributed by atoms with Gasteiger partial charge in [0.05, 0.1) is 0 Å². The van der Waals surface area contributed by atoms with E-state index in [-0.39, 0.29) is 0 Å². The van der Waals surface area contributed by atoms with E-state index in [1.807, 2.05) is 18.5 Å². The van der Waals surface area contributed by atoms with Crippen LogP contribution in [0.4, 0.5) is 5.95 Å². The number of hydrogen-bond acceptors (Lipinski definition) is 3. The molecule has 2 N–H and O–H groups in total. The number of aryl methyl sites for hydroxylation is 1. The van der Waals surface area contributed by atoms with Gasteiger partial charge in [0, 0.05) is 38.6 Å². The van der Waals surface area contributed by atoms with Gasteiger partial charge in [-0.1, -0.05) is 30.3 Å². The number of nitrogens with two attached hydrogens (primary N) is 1. The van der Waals surface area contributed by atoms with Crippen molar-refractivity contribution in [3.05, 3.63) is 48.3 Å². The number of rotatable bonds is 6. The number of nitrogens with zero attached hydrogens (tertiary/aromatic N) is 3. The summed E-state index contributed by atoms with van der Waals surface area (Å²) in [6.45, 7) is 5.32. The smallest absolute Gasteiger partial charge is 0.205 e. The Hall–Kier alpha value is -1.81. The molecule has 0 spiro atoms. The third kappa shape index (κ3) is 2.90. The number of hydrogen-bond donors (Lipinski definition) is 1. The SMILES string of the molecule is CCn1ccnc1N(CCN)Cc1ccccc1. The maximum absolute atomic E-state index is 5.70. The molecular weight excluding hydrogens is 224 g/mol. The van der Waals surface area contributed by atoms with Crippen LogP contribution < -0.4 is 10.6 Å². The Kier molecular flexibility index (Phi) is 4.36. The third-order valence-corrected chi connectivity index (χ3v) is 2.93. The Morgan fingerprint density at radius 1 is 1.28 bits per heavy atom. The molecule has 1 aromatic carbocycles. The van der Waals surface area contributed by atoms with Crippen LogP contribution in [0.3, 0.4) is 0 Å². The molecule has 1 heterocycles. The zero-order chi connectivity index (χ0) is 12.8. The molecule has 0 aliphatic heterocycles. The first-order valence-corrected chi connectivity index (χ1v) is 6.35. The minimum Gasteiger partial charge on any atom is -0.337 e. The minimum atomic E-state index is 0.628. The summed E-state index contributed by atoms with van der Waals surface area (Å²) in [6.07, 6.45) is 3.84. The molecule has 96 valence electrons. The maximum Gasteiger partial charge on any atom is 0.205 e.